The number of aryl methyl sites for hydroxylation is 2. The second kappa shape index (κ2) is 6.38. The van der Waals surface area contributed by atoms with Crippen molar-refractivity contribution in [2.24, 2.45) is 7.05 Å². The summed E-state index contributed by atoms with van der Waals surface area (Å²) < 4.78 is 6.78. The van der Waals surface area contributed by atoms with Crippen LogP contribution in [-0.4, -0.2) is 37.8 Å². The fraction of sp³-hybridized carbons (Fsp3) is 0.222. The summed E-state index contributed by atoms with van der Waals surface area (Å²) in [5.41, 5.74) is 1.92. The van der Waals surface area contributed by atoms with Gasteiger partial charge in [0.25, 0.3) is 5.91 Å². The predicted molar refractivity (Wildman–Crippen MR) is 98.9 cm³/mol. The van der Waals surface area contributed by atoms with E-state index < -0.39 is 0 Å². The van der Waals surface area contributed by atoms with Gasteiger partial charge in [-0.3, -0.25) is 9.48 Å². The highest BCUT2D eigenvalue weighted by atomic mass is 32.1. The lowest BCUT2D eigenvalue weighted by atomic mass is 10.1. The molecule has 7 nitrogen and oxygen atoms in total. The van der Waals surface area contributed by atoms with Crippen molar-refractivity contribution in [2.45, 2.75) is 13.5 Å². The van der Waals surface area contributed by atoms with Crippen LogP contribution >= 0.6 is 11.3 Å². The van der Waals surface area contributed by atoms with E-state index in [0.717, 1.165) is 21.5 Å². The Kier molecular flexibility index (Phi) is 4.04. The molecular formula is C18H17N5O2S. The van der Waals surface area contributed by atoms with E-state index in [1.807, 2.05) is 48.1 Å². The van der Waals surface area contributed by atoms with Gasteiger partial charge in [0.1, 0.15) is 10.5 Å². The number of carbonyl (C=O) groups excluding carboxylic acids is 1. The van der Waals surface area contributed by atoms with E-state index in [0.29, 0.717) is 23.1 Å². The lowest BCUT2D eigenvalue weighted by Gasteiger charge is -2.13. The van der Waals surface area contributed by atoms with Crippen LogP contribution in [0, 0.1) is 6.92 Å². The van der Waals surface area contributed by atoms with Crippen molar-refractivity contribution >= 4 is 27.5 Å². The highest BCUT2D eigenvalue weighted by molar-refractivity contribution is 7.20. The van der Waals surface area contributed by atoms with E-state index >= 15 is 0 Å². The number of thiophene rings is 1. The summed E-state index contributed by atoms with van der Waals surface area (Å²) in [6.45, 7) is 2.02. The quantitative estimate of drug-likeness (QED) is 0.553. The molecule has 0 saturated heterocycles. The molecule has 0 bridgehead atoms. The van der Waals surface area contributed by atoms with Crippen LogP contribution in [0.25, 0.3) is 21.5 Å². The minimum Gasteiger partial charge on any atom is -0.340 e. The van der Waals surface area contributed by atoms with Gasteiger partial charge < -0.3 is 9.42 Å². The molecule has 26 heavy (non-hydrogen) atoms. The average Bonchev–Trinajstić information content (AvgIpc) is 3.32. The zero-order chi connectivity index (χ0) is 18.3. The van der Waals surface area contributed by atoms with Gasteiger partial charge in [0.05, 0.1) is 11.4 Å². The van der Waals surface area contributed by atoms with Crippen LogP contribution in [-0.2, 0) is 13.6 Å². The summed E-state index contributed by atoms with van der Waals surface area (Å²) >= 11 is 1.44. The van der Waals surface area contributed by atoms with Gasteiger partial charge in [-0.05, 0) is 6.07 Å². The molecule has 0 spiro atoms. The molecule has 0 aliphatic carbocycles. The van der Waals surface area contributed by atoms with E-state index in [1.54, 1.807) is 18.9 Å². The first-order valence-corrected chi connectivity index (χ1v) is 8.91. The fourth-order valence-corrected chi connectivity index (χ4v) is 3.90. The summed E-state index contributed by atoms with van der Waals surface area (Å²) in [7, 11) is 3.63. The fourth-order valence-electron chi connectivity index (χ4n) is 2.83. The molecule has 132 valence electrons. The number of nitrogens with zero attached hydrogens (tertiary/aromatic N) is 5. The number of carbonyl (C=O) groups is 1. The summed E-state index contributed by atoms with van der Waals surface area (Å²) in [4.78, 5) is 20.2. The first kappa shape index (κ1) is 16.5. The van der Waals surface area contributed by atoms with Gasteiger partial charge in [0.2, 0.25) is 5.89 Å². The van der Waals surface area contributed by atoms with Crippen LogP contribution in [0.15, 0.2) is 40.9 Å². The van der Waals surface area contributed by atoms with Crippen molar-refractivity contribution in [1.82, 2.24) is 24.8 Å². The van der Waals surface area contributed by atoms with E-state index in [-0.39, 0.29) is 5.91 Å². The van der Waals surface area contributed by atoms with Crippen LogP contribution in [0.1, 0.15) is 21.4 Å². The van der Waals surface area contributed by atoms with Crippen molar-refractivity contribution in [3.63, 3.8) is 0 Å². The van der Waals surface area contributed by atoms with E-state index in [9.17, 15) is 4.79 Å². The second-order valence-corrected chi connectivity index (χ2v) is 7.09. The molecule has 4 aromatic rings. The maximum atomic E-state index is 12.8. The third-order valence-electron chi connectivity index (χ3n) is 4.06. The van der Waals surface area contributed by atoms with Gasteiger partial charge in [-0.25, -0.2) is 0 Å². The standard InChI is InChI=1S/C18H17N5O2S/c1-11-19-15(21-25-11)10-22(2)17(24)14-9-13-16(12-7-5-4-6-8-12)20-23(3)18(13)26-14/h4-9H,10H2,1-3H3. The van der Waals surface area contributed by atoms with Gasteiger partial charge in [-0.2, -0.15) is 10.1 Å². The Bertz CT molecular complexity index is 1080. The minimum atomic E-state index is -0.0762. The Hall–Kier alpha value is -3.00. The first-order valence-electron chi connectivity index (χ1n) is 8.09. The molecule has 0 atom stereocenters. The SMILES string of the molecule is Cc1nc(CN(C)C(=O)c2cc3c(-c4ccccc4)nn(C)c3s2)no1. The molecule has 4 rings (SSSR count). The lowest BCUT2D eigenvalue weighted by Crippen LogP contribution is -2.26. The summed E-state index contributed by atoms with van der Waals surface area (Å²) in [5, 5.41) is 9.43. The third-order valence-corrected chi connectivity index (χ3v) is 5.25. The minimum absolute atomic E-state index is 0.0762. The number of amides is 1. The smallest absolute Gasteiger partial charge is 0.264 e. The maximum Gasteiger partial charge on any atom is 0.264 e. The molecule has 8 heteroatoms. The average molecular weight is 367 g/mol. The number of fused-ring (bicyclic) bond motifs is 1. The molecule has 0 unspecified atom stereocenters. The largest absolute Gasteiger partial charge is 0.340 e. The van der Waals surface area contributed by atoms with Crippen LogP contribution in [0.3, 0.4) is 0 Å². The number of hydrogen-bond acceptors (Lipinski definition) is 6. The van der Waals surface area contributed by atoms with Crippen LogP contribution in [0.4, 0.5) is 0 Å². The maximum absolute atomic E-state index is 12.8. The Morgan fingerprint density at radius 3 is 2.77 bits per heavy atom. The van der Waals surface area contributed by atoms with Gasteiger partial charge in [-0.1, -0.05) is 35.5 Å². The molecule has 1 amide bonds. The number of benzene rings is 1. The molecule has 0 fully saturated rings. The van der Waals surface area contributed by atoms with Crippen molar-refractivity contribution in [1.29, 1.82) is 0 Å². The molecule has 3 heterocycles. The molecule has 0 saturated carbocycles. The van der Waals surface area contributed by atoms with Gasteiger partial charge in [-0.15, -0.1) is 11.3 Å². The van der Waals surface area contributed by atoms with Gasteiger partial charge in [0.15, 0.2) is 5.82 Å². The first-order chi connectivity index (χ1) is 12.5. The second-order valence-electron chi connectivity index (χ2n) is 6.06. The van der Waals surface area contributed by atoms with Crippen molar-refractivity contribution in [3.8, 4) is 11.3 Å². The van der Waals surface area contributed by atoms with Gasteiger partial charge in [0, 0.05) is 32.0 Å². The third kappa shape index (κ3) is 2.88. The summed E-state index contributed by atoms with van der Waals surface area (Å²) in [6.07, 6.45) is 0. The molecule has 0 radical (unpaired) electrons. The Morgan fingerprint density at radius 1 is 1.31 bits per heavy atom. The molecule has 0 aliphatic rings. The normalized spacial score (nSPS) is 11.2. The van der Waals surface area contributed by atoms with Crippen molar-refractivity contribution in [2.75, 3.05) is 7.05 Å². The van der Waals surface area contributed by atoms with Crippen molar-refractivity contribution < 1.29 is 9.32 Å². The topological polar surface area (TPSA) is 77.1 Å². The number of hydrogen-bond donors (Lipinski definition) is 0. The van der Waals surface area contributed by atoms with Crippen LogP contribution in [0.2, 0.25) is 0 Å². The van der Waals surface area contributed by atoms with E-state index in [4.69, 9.17) is 4.52 Å². The Labute approximate surface area is 153 Å². The molecule has 0 aliphatic heterocycles. The van der Waals surface area contributed by atoms with Crippen LogP contribution < -0.4 is 0 Å². The molecular weight excluding hydrogens is 350 g/mol. The Balaban J connectivity index is 1.66. The summed E-state index contributed by atoms with van der Waals surface area (Å²) in [5.74, 6) is 0.903. The highest BCUT2D eigenvalue weighted by Crippen LogP contribution is 2.34. The predicted octanol–water partition coefficient (Wildman–Crippen LogP) is 3.27. The number of aromatic nitrogens is 4. The highest BCUT2D eigenvalue weighted by Gasteiger charge is 2.21. The van der Waals surface area contributed by atoms with E-state index in [2.05, 4.69) is 15.2 Å². The Morgan fingerprint density at radius 2 is 2.08 bits per heavy atom. The zero-order valence-corrected chi connectivity index (χ0v) is 15.4. The monoisotopic (exact) mass is 367 g/mol. The van der Waals surface area contributed by atoms with Gasteiger partial charge >= 0.3 is 0 Å². The molecule has 1 aromatic carbocycles. The molecule has 3 aromatic heterocycles. The summed E-state index contributed by atoms with van der Waals surface area (Å²) in [6, 6.07) is 11.9. The zero-order valence-electron chi connectivity index (χ0n) is 14.6. The van der Waals surface area contributed by atoms with Crippen LogP contribution in [0.5, 0.6) is 0 Å². The molecule has 0 N–H and O–H groups in total. The van der Waals surface area contributed by atoms with Crippen molar-refractivity contribution in [3.05, 3.63) is 53.0 Å². The number of rotatable bonds is 4. The lowest BCUT2D eigenvalue weighted by molar-refractivity contribution is 0.0785. The van der Waals surface area contributed by atoms with E-state index in [1.165, 1.54) is 11.3 Å².